The van der Waals surface area contributed by atoms with Crippen LogP contribution in [0, 0.1) is 5.92 Å². The molecule has 1 aliphatic heterocycles. The van der Waals surface area contributed by atoms with Crippen LogP contribution in [0.4, 0.5) is 0 Å². The van der Waals surface area contributed by atoms with E-state index in [1.54, 1.807) is 17.0 Å². The Labute approximate surface area is 143 Å². The zero-order chi connectivity index (χ0) is 16.8. The maximum absolute atomic E-state index is 12.3. The fraction of sp³-hybridized carbons (Fsp3) is 0.579. The summed E-state index contributed by atoms with van der Waals surface area (Å²) in [5.74, 6) is 0.448. The van der Waals surface area contributed by atoms with Gasteiger partial charge in [-0.2, -0.15) is 0 Å². The second-order valence-corrected chi connectivity index (χ2v) is 6.69. The summed E-state index contributed by atoms with van der Waals surface area (Å²) < 4.78 is 5.16. The van der Waals surface area contributed by atoms with Crippen molar-refractivity contribution in [1.29, 1.82) is 0 Å². The molecule has 3 rings (SSSR count). The fourth-order valence-corrected chi connectivity index (χ4v) is 3.52. The number of amides is 2. The van der Waals surface area contributed by atoms with Crippen molar-refractivity contribution in [2.24, 2.45) is 5.92 Å². The van der Waals surface area contributed by atoms with Crippen molar-refractivity contribution in [2.75, 3.05) is 19.6 Å². The quantitative estimate of drug-likeness (QED) is 0.844. The zero-order valence-electron chi connectivity index (χ0n) is 14.1. The van der Waals surface area contributed by atoms with Crippen molar-refractivity contribution in [1.82, 2.24) is 10.2 Å². The standard InChI is InChI=1S/C19H26N2O3/c22-18(20-11-8-15-5-2-1-3-6-15)16-9-12-21(13-10-16)19(23)17-7-4-14-24-17/h4-5,7,14,16H,1-3,6,8-13H2,(H,20,22). The highest BCUT2D eigenvalue weighted by atomic mass is 16.3. The third kappa shape index (κ3) is 4.28. The van der Waals surface area contributed by atoms with Gasteiger partial charge in [0, 0.05) is 25.6 Å². The van der Waals surface area contributed by atoms with E-state index in [1.165, 1.54) is 37.5 Å². The molecule has 5 nitrogen and oxygen atoms in total. The molecule has 0 aromatic carbocycles. The van der Waals surface area contributed by atoms with Crippen molar-refractivity contribution in [3.63, 3.8) is 0 Å². The predicted molar refractivity (Wildman–Crippen MR) is 91.5 cm³/mol. The van der Waals surface area contributed by atoms with E-state index >= 15 is 0 Å². The van der Waals surface area contributed by atoms with Gasteiger partial charge in [-0.3, -0.25) is 9.59 Å². The molecular weight excluding hydrogens is 304 g/mol. The Hall–Kier alpha value is -2.04. The number of furan rings is 1. The van der Waals surface area contributed by atoms with Gasteiger partial charge in [0.15, 0.2) is 5.76 Å². The van der Waals surface area contributed by atoms with Gasteiger partial charge in [-0.15, -0.1) is 0 Å². The van der Waals surface area contributed by atoms with E-state index in [0.717, 1.165) is 25.8 Å². The van der Waals surface area contributed by atoms with Crippen LogP contribution in [-0.4, -0.2) is 36.3 Å². The molecule has 24 heavy (non-hydrogen) atoms. The molecule has 1 saturated heterocycles. The minimum absolute atomic E-state index is 0.0194. The molecule has 0 radical (unpaired) electrons. The number of hydrogen-bond acceptors (Lipinski definition) is 3. The van der Waals surface area contributed by atoms with Gasteiger partial charge in [0.2, 0.25) is 5.91 Å². The van der Waals surface area contributed by atoms with E-state index in [9.17, 15) is 9.59 Å². The molecule has 0 spiro atoms. The fourth-order valence-electron chi connectivity index (χ4n) is 3.52. The Bertz CT molecular complexity index is 584. The number of rotatable bonds is 5. The van der Waals surface area contributed by atoms with E-state index in [-0.39, 0.29) is 17.7 Å². The van der Waals surface area contributed by atoms with Gasteiger partial charge in [-0.05, 0) is 57.1 Å². The van der Waals surface area contributed by atoms with Gasteiger partial charge in [0.1, 0.15) is 0 Å². The van der Waals surface area contributed by atoms with E-state index in [1.807, 2.05) is 0 Å². The second-order valence-electron chi connectivity index (χ2n) is 6.69. The number of carbonyl (C=O) groups excluding carboxylic acids is 2. The Balaban J connectivity index is 1.38. The molecule has 2 aliphatic rings. The van der Waals surface area contributed by atoms with Crippen LogP contribution in [0.1, 0.15) is 55.5 Å². The number of nitrogens with zero attached hydrogens (tertiary/aromatic N) is 1. The lowest BCUT2D eigenvalue weighted by molar-refractivity contribution is -0.126. The van der Waals surface area contributed by atoms with Crippen molar-refractivity contribution in [2.45, 2.75) is 44.9 Å². The first kappa shape index (κ1) is 16.8. The minimum Gasteiger partial charge on any atom is -0.459 e. The molecule has 2 heterocycles. The van der Waals surface area contributed by atoms with E-state index in [2.05, 4.69) is 11.4 Å². The van der Waals surface area contributed by atoms with Gasteiger partial charge < -0.3 is 14.6 Å². The van der Waals surface area contributed by atoms with Crippen LogP contribution < -0.4 is 5.32 Å². The van der Waals surface area contributed by atoms with E-state index in [0.29, 0.717) is 18.8 Å². The first-order valence-corrected chi connectivity index (χ1v) is 9.02. The van der Waals surface area contributed by atoms with Crippen molar-refractivity contribution < 1.29 is 14.0 Å². The lowest BCUT2D eigenvalue weighted by atomic mass is 9.95. The van der Waals surface area contributed by atoms with Gasteiger partial charge in [-0.25, -0.2) is 0 Å². The van der Waals surface area contributed by atoms with Crippen molar-refractivity contribution in [3.05, 3.63) is 35.8 Å². The number of piperidine rings is 1. The number of nitrogens with one attached hydrogen (secondary N) is 1. The van der Waals surface area contributed by atoms with Gasteiger partial charge in [0.05, 0.1) is 6.26 Å². The van der Waals surface area contributed by atoms with Crippen molar-refractivity contribution in [3.8, 4) is 0 Å². The molecule has 2 amide bonds. The Morgan fingerprint density at radius 1 is 1.25 bits per heavy atom. The lowest BCUT2D eigenvalue weighted by Crippen LogP contribution is -2.43. The SMILES string of the molecule is O=C(NCCC1=CCCCC1)C1CCN(C(=O)c2ccco2)CC1. The van der Waals surface area contributed by atoms with Crippen LogP contribution in [-0.2, 0) is 4.79 Å². The average Bonchev–Trinajstić information content (AvgIpc) is 3.17. The second kappa shape index (κ2) is 8.18. The highest BCUT2D eigenvalue weighted by molar-refractivity contribution is 5.91. The van der Waals surface area contributed by atoms with Crippen LogP contribution >= 0.6 is 0 Å². The summed E-state index contributed by atoms with van der Waals surface area (Å²) in [6, 6.07) is 3.40. The molecule has 0 bridgehead atoms. The van der Waals surface area contributed by atoms with Gasteiger partial charge >= 0.3 is 0 Å². The number of carbonyl (C=O) groups is 2. The molecule has 1 aromatic rings. The van der Waals surface area contributed by atoms with Crippen LogP contribution in [0.2, 0.25) is 0 Å². The maximum Gasteiger partial charge on any atom is 0.289 e. The summed E-state index contributed by atoms with van der Waals surface area (Å²) in [7, 11) is 0. The third-order valence-corrected chi connectivity index (χ3v) is 5.02. The Morgan fingerprint density at radius 2 is 2.08 bits per heavy atom. The lowest BCUT2D eigenvalue weighted by Gasteiger charge is -2.30. The highest BCUT2D eigenvalue weighted by Gasteiger charge is 2.28. The molecule has 0 atom stereocenters. The molecule has 0 unspecified atom stereocenters. The third-order valence-electron chi connectivity index (χ3n) is 5.02. The van der Waals surface area contributed by atoms with Crippen LogP contribution in [0.5, 0.6) is 0 Å². The molecule has 5 heteroatoms. The topological polar surface area (TPSA) is 62.6 Å². The molecule has 1 fully saturated rings. The monoisotopic (exact) mass is 330 g/mol. The Kier molecular flexibility index (Phi) is 5.72. The van der Waals surface area contributed by atoms with E-state index in [4.69, 9.17) is 4.42 Å². The van der Waals surface area contributed by atoms with Crippen LogP contribution in [0.3, 0.4) is 0 Å². The largest absolute Gasteiger partial charge is 0.459 e. The summed E-state index contributed by atoms with van der Waals surface area (Å²) in [6.45, 7) is 1.96. The molecule has 1 N–H and O–H groups in total. The van der Waals surface area contributed by atoms with Crippen LogP contribution in [0.15, 0.2) is 34.5 Å². The van der Waals surface area contributed by atoms with Crippen molar-refractivity contribution >= 4 is 11.8 Å². The zero-order valence-corrected chi connectivity index (χ0v) is 14.1. The number of hydrogen-bond donors (Lipinski definition) is 1. The molecule has 130 valence electrons. The predicted octanol–water partition coefficient (Wildman–Crippen LogP) is 3.14. The number of likely N-dealkylation sites (tertiary alicyclic amines) is 1. The average molecular weight is 330 g/mol. The van der Waals surface area contributed by atoms with E-state index < -0.39 is 0 Å². The maximum atomic E-state index is 12.3. The summed E-state index contributed by atoms with van der Waals surface area (Å²) in [5.41, 5.74) is 1.49. The van der Waals surface area contributed by atoms with Crippen LogP contribution in [0.25, 0.3) is 0 Å². The normalized spacial score (nSPS) is 19.0. The molecule has 1 aromatic heterocycles. The first-order chi connectivity index (χ1) is 11.7. The molecule has 1 aliphatic carbocycles. The molecular formula is C19H26N2O3. The van der Waals surface area contributed by atoms with Gasteiger partial charge in [0.25, 0.3) is 5.91 Å². The highest BCUT2D eigenvalue weighted by Crippen LogP contribution is 2.21. The summed E-state index contributed by atoms with van der Waals surface area (Å²) in [4.78, 5) is 26.3. The number of allylic oxidation sites excluding steroid dienone is 1. The molecule has 0 saturated carbocycles. The summed E-state index contributed by atoms with van der Waals surface area (Å²) >= 11 is 0. The minimum atomic E-state index is -0.0805. The summed E-state index contributed by atoms with van der Waals surface area (Å²) in [5, 5.41) is 3.07. The Morgan fingerprint density at radius 3 is 2.75 bits per heavy atom. The summed E-state index contributed by atoms with van der Waals surface area (Å²) in [6.07, 6.45) is 11.2. The smallest absolute Gasteiger partial charge is 0.289 e. The first-order valence-electron chi connectivity index (χ1n) is 9.02. The van der Waals surface area contributed by atoms with Gasteiger partial charge in [-0.1, -0.05) is 11.6 Å².